The maximum atomic E-state index is 12.4. The van der Waals surface area contributed by atoms with Crippen molar-refractivity contribution >= 4 is 17.5 Å². The second kappa shape index (κ2) is 8.75. The molecule has 0 bridgehead atoms. The Balaban J connectivity index is 2.14. The van der Waals surface area contributed by atoms with Gasteiger partial charge in [0.1, 0.15) is 0 Å². The Kier molecular flexibility index (Phi) is 6.43. The van der Waals surface area contributed by atoms with Crippen molar-refractivity contribution in [2.75, 3.05) is 33.7 Å². The van der Waals surface area contributed by atoms with Gasteiger partial charge in [-0.15, -0.1) is 0 Å². The number of rotatable bonds is 7. The van der Waals surface area contributed by atoms with Crippen LogP contribution in [0.1, 0.15) is 15.9 Å². The molecule has 0 aliphatic rings. The lowest BCUT2D eigenvalue weighted by Gasteiger charge is -2.15. The summed E-state index contributed by atoms with van der Waals surface area (Å²) in [6, 6.07) is 10.1. The van der Waals surface area contributed by atoms with Gasteiger partial charge < -0.3 is 24.8 Å². The minimum Gasteiger partial charge on any atom is -0.493 e. The molecule has 2 N–H and O–H groups in total. The van der Waals surface area contributed by atoms with E-state index in [1.807, 2.05) is 0 Å². The number of amides is 2. The number of methoxy groups -OCH3 is 3. The van der Waals surface area contributed by atoms with Gasteiger partial charge >= 0.3 is 0 Å². The smallest absolute Gasteiger partial charge is 0.251 e. The number of hydrogen-bond acceptors (Lipinski definition) is 5. The van der Waals surface area contributed by atoms with Crippen LogP contribution in [0.25, 0.3) is 0 Å². The molecular weight excluding hydrogens is 336 g/mol. The zero-order valence-electron chi connectivity index (χ0n) is 15.2. The fourth-order valence-corrected chi connectivity index (χ4v) is 2.53. The van der Waals surface area contributed by atoms with Crippen molar-refractivity contribution in [1.29, 1.82) is 0 Å². The van der Waals surface area contributed by atoms with Gasteiger partial charge in [0.25, 0.3) is 5.91 Å². The number of nitrogens with one attached hydrogen (secondary N) is 2. The molecule has 0 saturated heterocycles. The van der Waals surface area contributed by atoms with E-state index in [4.69, 9.17) is 14.2 Å². The van der Waals surface area contributed by atoms with Crippen molar-refractivity contribution in [3.05, 3.63) is 47.5 Å². The van der Waals surface area contributed by atoms with E-state index in [2.05, 4.69) is 10.6 Å². The third kappa shape index (κ3) is 4.24. The lowest BCUT2D eigenvalue weighted by molar-refractivity contribution is -0.115. The normalized spacial score (nSPS) is 10.0. The number of benzene rings is 2. The molecule has 2 aromatic rings. The molecule has 0 atom stereocenters. The van der Waals surface area contributed by atoms with Crippen LogP contribution >= 0.6 is 0 Å². The Labute approximate surface area is 152 Å². The monoisotopic (exact) mass is 358 g/mol. The summed E-state index contributed by atoms with van der Waals surface area (Å²) in [7, 11) is 6.12. The maximum absolute atomic E-state index is 12.4. The van der Waals surface area contributed by atoms with Gasteiger partial charge in [-0.25, -0.2) is 0 Å². The fraction of sp³-hybridized carbons (Fsp3) is 0.263. The van der Waals surface area contributed by atoms with E-state index in [-0.39, 0.29) is 18.2 Å². The summed E-state index contributed by atoms with van der Waals surface area (Å²) in [4.78, 5) is 23.9. The SMILES string of the molecule is CNC(=O)c1ccc(NC(=O)Cc2ccc(OC)c(OC)c2OC)cc1. The van der Waals surface area contributed by atoms with Crippen LogP contribution in [-0.2, 0) is 11.2 Å². The van der Waals surface area contributed by atoms with Crippen LogP contribution in [0.5, 0.6) is 17.2 Å². The predicted octanol–water partition coefficient (Wildman–Crippen LogP) is 2.25. The first-order valence-electron chi connectivity index (χ1n) is 7.93. The molecule has 138 valence electrons. The second-order valence-electron chi connectivity index (χ2n) is 5.37. The highest BCUT2D eigenvalue weighted by Gasteiger charge is 2.18. The van der Waals surface area contributed by atoms with E-state index in [0.29, 0.717) is 34.1 Å². The summed E-state index contributed by atoms with van der Waals surface area (Å²) in [6.07, 6.45) is 0.0979. The van der Waals surface area contributed by atoms with Gasteiger partial charge in [0.15, 0.2) is 11.5 Å². The molecule has 2 amide bonds. The van der Waals surface area contributed by atoms with Crippen molar-refractivity contribution < 1.29 is 23.8 Å². The van der Waals surface area contributed by atoms with E-state index in [9.17, 15) is 9.59 Å². The van der Waals surface area contributed by atoms with Crippen LogP contribution in [0, 0.1) is 0 Å². The molecule has 7 heteroatoms. The lowest BCUT2D eigenvalue weighted by Crippen LogP contribution is -2.18. The van der Waals surface area contributed by atoms with Gasteiger partial charge in [0.05, 0.1) is 27.8 Å². The molecule has 0 spiro atoms. The summed E-state index contributed by atoms with van der Waals surface area (Å²) in [5, 5.41) is 5.34. The van der Waals surface area contributed by atoms with Crippen molar-refractivity contribution in [2.24, 2.45) is 0 Å². The third-order valence-corrected chi connectivity index (χ3v) is 3.79. The van der Waals surface area contributed by atoms with Crippen LogP contribution in [0.3, 0.4) is 0 Å². The van der Waals surface area contributed by atoms with Crippen LogP contribution < -0.4 is 24.8 Å². The number of carbonyl (C=O) groups is 2. The van der Waals surface area contributed by atoms with E-state index in [1.165, 1.54) is 21.3 Å². The molecule has 0 fully saturated rings. The van der Waals surface area contributed by atoms with Crippen LogP contribution in [0.2, 0.25) is 0 Å². The maximum Gasteiger partial charge on any atom is 0.251 e. The number of hydrogen-bond donors (Lipinski definition) is 2. The average molecular weight is 358 g/mol. The van der Waals surface area contributed by atoms with Gasteiger partial charge in [0, 0.05) is 23.9 Å². The molecule has 26 heavy (non-hydrogen) atoms. The van der Waals surface area contributed by atoms with Crippen molar-refractivity contribution in [2.45, 2.75) is 6.42 Å². The van der Waals surface area contributed by atoms with Gasteiger partial charge in [-0.2, -0.15) is 0 Å². The summed E-state index contributed by atoms with van der Waals surface area (Å²) in [5.74, 6) is 1.02. The average Bonchev–Trinajstić information content (AvgIpc) is 2.67. The summed E-state index contributed by atoms with van der Waals surface area (Å²) < 4.78 is 15.9. The van der Waals surface area contributed by atoms with Gasteiger partial charge in [-0.1, -0.05) is 6.07 Å². The topological polar surface area (TPSA) is 85.9 Å². The molecule has 0 unspecified atom stereocenters. The number of carbonyl (C=O) groups excluding carboxylic acids is 2. The lowest BCUT2D eigenvalue weighted by atomic mass is 10.1. The first-order valence-corrected chi connectivity index (χ1v) is 7.93. The molecule has 0 radical (unpaired) electrons. The predicted molar refractivity (Wildman–Crippen MR) is 98.3 cm³/mol. The summed E-state index contributed by atoms with van der Waals surface area (Å²) in [6.45, 7) is 0. The summed E-state index contributed by atoms with van der Waals surface area (Å²) in [5.41, 5.74) is 1.79. The van der Waals surface area contributed by atoms with Gasteiger partial charge in [0.2, 0.25) is 11.7 Å². The van der Waals surface area contributed by atoms with Crippen LogP contribution in [0.15, 0.2) is 36.4 Å². The minimum atomic E-state index is -0.219. The second-order valence-corrected chi connectivity index (χ2v) is 5.37. The van der Waals surface area contributed by atoms with E-state index in [1.54, 1.807) is 43.4 Å². The Morgan fingerprint density at radius 1 is 0.885 bits per heavy atom. The molecule has 0 saturated carbocycles. The molecule has 0 aliphatic carbocycles. The Morgan fingerprint density at radius 2 is 1.54 bits per heavy atom. The Morgan fingerprint density at radius 3 is 2.08 bits per heavy atom. The van der Waals surface area contributed by atoms with Gasteiger partial charge in [-0.05, 0) is 30.3 Å². The molecule has 0 heterocycles. The molecule has 2 aromatic carbocycles. The highest BCUT2D eigenvalue weighted by atomic mass is 16.5. The van der Waals surface area contributed by atoms with Crippen molar-refractivity contribution in [3.63, 3.8) is 0 Å². The van der Waals surface area contributed by atoms with E-state index < -0.39 is 0 Å². The van der Waals surface area contributed by atoms with Gasteiger partial charge in [-0.3, -0.25) is 9.59 Å². The molecular formula is C19H22N2O5. The minimum absolute atomic E-state index is 0.0979. The summed E-state index contributed by atoms with van der Waals surface area (Å²) >= 11 is 0. The van der Waals surface area contributed by atoms with Crippen molar-refractivity contribution in [1.82, 2.24) is 5.32 Å². The molecule has 0 aromatic heterocycles. The molecule has 0 aliphatic heterocycles. The Bertz CT molecular complexity index is 787. The third-order valence-electron chi connectivity index (χ3n) is 3.79. The molecule has 2 rings (SSSR count). The first-order chi connectivity index (χ1) is 12.5. The number of ether oxygens (including phenoxy) is 3. The quantitative estimate of drug-likeness (QED) is 0.793. The highest BCUT2D eigenvalue weighted by molar-refractivity contribution is 5.96. The van der Waals surface area contributed by atoms with E-state index >= 15 is 0 Å². The molecule has 7 nitrogen and oxygen atoms in total. The highest BCUT2D eigenvalue weighted by Crippen LogP contribution is 2.39. The standard InChI is InChI=1S/C19H22N2O5/c1-20-19(23)12-5-8-14(9-6-12)21-16(22)11-13-7-10-15(24-2)18(26-4)17(13)25-3/h5-10H,11H2,1-4H3,(H,20,23)(H,21,22). The zero-order chi connectivity index (χ0) is 19.1. The van der Waals surface area contributed by atoms with Crippen LogP contribution in [-0.4, -0.2) is 40.2 Å². The van der Waals surface area contributed by atoms with Crippen LogP contribution in [0.4, 0.5) is 5.69 Å². The zero-order valence-corrected chi connectivity index (χ0v) is 15.2. The fourth-order valence-electron chi connectivity index (χ4n) is 2.53. The Hall–Kier alpha value is -3.22. The van der Waals surface area contributed by atoms with Crippen molar-refractivity contribution in [3.8, 4) is 17.2 Å². The van der Waals surface area contributed by atoms with E-state index in [0.717, 1.165) is 0 Å². The largest absolute Gasteiger partial charge is 0.493 e. The number of anilines is 1. The first kappa shape index (κ1) is 19.1.